The van der Waals surface area contributed by atoms with Crippen LogP contribution in [0.25, 0.3) is 0 Å². The highest BCUT2D eigenvalue weighted by Gasteiger charge is 2.32. The molecule has 0 aliphatic rings. The smallest absolute Gasteiger partial charge is 0.308 e. The summed E-state index contributed by atoms with van der Waals surface area (Å²) in [4.78, 5) is 0. The van der Waals surface area contributed by atoms with Gasteiger partial charge in [-0.25, -0.2) is 0 Å². The van der Waals surface area contributed by atoms with Crippen LogP contribution >= 0.6 is 15.9 Å². The number of nitrogens with one attached hydrogen (secondary N) is 1. The highest BCUT2D eigenvalue weighted by atomic mass is 79.9. The van der Waals surface area contributed by atoms with Crippen LogP contribution in [0.15, 0.2) is 34.9 Å². The van der Waals surface area contributed by atoms with Gasteiger partial charge in [-0.3, -0.25) is 4.68 Å². The number of rotatable bonds is 4. The molecule has 0 amide bonds. The first-order chi connectivity index (χ1) is 9.88. The van der Waals surface area contributed by atoms with Gasteiger partial charge in [-0.15, -0.1) is 0 Å². The molecule has 0 spiro atoms. The predicted molar refractivity (Wildman–Crippen MR) is 77.9 cm³/mol. The molecule has 0 saturated carbocycles. The quantitative estimate of drug-likeness (QED) is 0.891. The normalized spacial score (nSPS) is 13.4. The first kappa shape index (κ1) is 16.0. The van der Waals surface area contributed by atoms with Gasteiger partial charge in [0.2, 0.25) is 0 Å². The van der Waals surface area contributed by atoms with E-state index in [1.807, 2.05) is 6.92 Å². The lowest BCUT2D eigenvalue weighted by Crippen LogP contribution is -2.22. The van der Waals surface area contributed by atoms with E-state index in [4.69, 9.17) is 0 Å². The summed E-state index contributed by atoms with van der Waals surface area (Å²) >= 11 is 3.33. The monoisotopic (exact) mass is 361 g/mol. The van der Waals surface area contributed by atoms with Crippen LogP contribution in [0.5, 0.6) is 0 Å². The summed E-state index contributed by atoms with van der Waals surface area (Å²) in [5, 5.41) is 7.23. The molecular weight excluding hydrogens is 347 g/mol. The van der Waals surface area contributed by atoms with E-state index < -0.39 is 11.7 Å². The molecule has 0 radical (unpaired) electrons. The lowest BCUT2D eigenvalue weighted by molar-refractivity contribution is -0.137. The molecule has 7 heteroatoms. The average Bonchev–Trinajstić information content (AvgIpc) is 2.88. The van der Waals surface area contributed by atoms with Crippen molar-refractivity contribution in [1.82, 2.24) is 15.1 Å². The summed E-state index contributed by atoms with van der Waals surface area (Å²) in [6, 6.07) is 5.09. The molecule has 0 aliphatic carbocycles. The maximum atomic E-state index is 12.9. The van der Waals surface area contributed by atoms with Gasteiger partial charge in [0.25, 0.3) is 0 Å². The molecule has 1 N–H and O–H groups in total. The van der Waals surface area contributed by atoms with Crippen molar-refractivity contribution in [1.29, 1.82) is 0 Å². The van der Waals surface area contributed by atoms with Gasteiger partial charge in [-0.1, -0.05) is 15.9 Å². The molecule has 0 fully saturated rings. The Bertz CT molecular complexity index is 622. The Kier molecular flexibility index (Phi) is 4.73. The van der Waals surface area contributed by atoms with E-state index in [9.17, 15) is 13.2 Å². The van der Waals surface area contributed by atoms with E-state index in [-0.39, 0.29) is 6.04 Å². The molecule has 0 aliphatic heterocycles. The molecule has 1 atom stereocenters. The summed E-state index contributed by atoms with van der Waals surface area (Å²) in [5.74, 6) is 0. The van der Waals surface area contributed by atoms with Gasteiger partial charge in [0, 0.05) is 17.2 Å². The lowest BCUT2D eigenvalue weighted by Gasteiger charge is -2.20. The molecule has 1 unspecified atom stereocenters. The van der Waals surface area contributed by atoms with Crippen LogP contribution in [0, 0.1) is 0 Å². The third-order valence-corrected chi connectivity index (χ3v) is 3.99. The fraction of sp³-hybridized carbons (Fsp3) is 0.357. The fourth-order valence-electron chi connectivity index (χ4n) is 2.26. The van der Waals surface area contributed by atoms with E-state index in [1.54, 1.807) is 24.0 Å². The molecule has 2 rings (SSSR count). The second-order valence-electron chi connectivity index (χ2n) is 4.53. The molecule has 21 heavy (non-hydrogen) atoms. The minimum atomic E-state index is -4.36. The van der Waals surface area contributed by atoms with Crippen LogP contribution in [-0.4, -0.2) is 16.8 Å². The molecule has 1 aromatic heterocycles. The summed E-state index contributed by atoms with van der Waals surface area (Å²) in [7, 11) is 1.71. The Morgan fingerprint density at radius 2 is 2.05 bits per heavy atom. The number of hydrogen-bond acceptors (Lipinski definition) is 2. The molecule has 2 aromatic rings. The number of hydrogen-bond donors (Lipinski definition) is 1. The number of nitrogens with zero attached hydrogens (tertiary/aromatic N) is 2. The SMILES string of the molecule is CCn1nccc1C(NC)c1cc(C(F)(F)F)ccc1Br. The van der Waals surface area contributed by atoms with Crippen molar-refractivity contribution >= 4 is 15.9 Å². The Hall–Kier alpha value is -1.34. The van der Waals surface area contributed by atoms with E-state index in [0.717, 1.165) is 17.8 Å². The van der Waals surface area contributed by atoms with Crippen LogP contribution in [0.3, 0.4) is 0 Å². The van der Waals surface area contributed by atoms with Gasteiger partial charge in [0.1, 0.15) is 0 Å². The Balaban J connectivity index is 2.52. The van der Waals surface area contributed by atoms with E-state index in [0.29, 0.717) is 16.6 Å². The van der Waals surface area contributed by atoms with Gasteiger partial charge in [0.15, 0.2) is 0 Å². The highest BCUT2D eigenvalue weighted by molar-refractivity contribution is 9.10. The van der Waals surface area contributed by atoms with Crippen LogP contribution in [0.4, 0.5) is 13.2 Å². The van der Waals surface area contributed by atoms with Crippen molar-refractivity contribution in [3.05, 3.63) is 51.8 Å². The topological polar surface area (TPSA) is 29.9 Å². The number of aryl methyl sites for hydroxylation is 1. The maximum Gasteiger partial charge on any atom is 0.416 e. The van der Waals surface area contributed by atoms with Gasteiger partial charge in [-0.05, 0) is 43.8 Å². The summed E-state index contributed by atoms with van der Waals surface area (Å²) in [6.07, 6.45) is -2.72. The van der Waals surface area contributed by atoms with Crippen molar-refractivity contribution < 1.29 is 13.2 Å². The number of aromatic nitrogens is 2. The van der Waals surface area contributed by atoms with E-state index in [2.05, 4.69) is 26.3 Å². The fourth-order valence-corrected chi connectivity index (χ4v) is 2.73. The molecular formula is C14H15BrF3N3. The van der Waals surface area contributed by atoms with Gasteiger partial charge in [0.05, 0.1) is 17.3 Å². The largest absolute Gasteiger partial charge is 0.416 e. The third-order valence-electron chi connectivity index (χ3n) is 3.27. The van der Waals surface area contributed by atoms with Crippen molar-refractivity contribution in [3.8, 4) is 0 Å². The molecule has 3 nitrogen and oxygen atoms in total. The third kappa shape index (κ3) is 3.29. The van der Waals surface area contributed by atoms with Crippen LogP contribution in [0.2, 0.25) is 0 Å². The number of alkyl halides is 3. The number of benzene rings is 1. The van der Waals surface area contributed by atoms with E-state index in [1.165, 1.54) is 6.07 Å². The summed E-state index contributed by atoms with van der Waals surface area (Å²) in [6.45, 7) is 2.58. The number of halogens is 4. The molecule has 0 saturated heterocycles. The van der Waals surface area contributed by atoms with Crippen molar-refractivity contribution in [2.24, 2.45) is 0 Å². The van der Waals surface area contributed by atoms with Crippen LogP contribution < -0.4 is 5.32 Å². The van der Waals surface area contributed by atoms with Gasteiger partial charge >= 0.3 is 6.18 Å². The first-order valence-corrected chi connectivity index (χ1v) is 7.23. The summed E-state index contributed by atoms with van der Waals surface area (Å²) < 4.78 is 41.1. The van der Waals surface area contributed by atoms with Crippen molar-refractivity contribution in [2.75, 3.05) is 7.05 Å². The second kappa shape index (κ2) is 6.19. The predicted octanol–water partition coefficient (Wildman–Crippen LogP) is 3.99. The molecule has 1 aromatic carbocycles. The molecule has 114 valence electrons. The zero-order chi connectivity index (χ0) is 15.6. The highest BCUT2D eigenvalue weighted by Crippen LogP contribution is 2.35. The average molecular weight is 362 g/mol. The van der Waals surface area contributed by atoms with Gasteiger partial charge < -0.3 is 5.32 Å². The Labute approximate surface area is 129 Å². The molecule has 0 bridgehead atoms. The van der Waals surface area contributed by atoms with Crippen molar-refractivity contribution in [3.63, 3.8) is 0 Å². The van der Waals surface area contributed by atoms with Crippen molar-refractivity contribution in [2.45, 2.75) is 25.7 Å². The molecule has 1 heterocycles. The Morgan fingerprint density at radius 1 is 1.33 bits per heavy atom. The minimum absolute atomic E-state index is 0.371. The standard InChI is InChI=1S/C14H15BrF3N3/c1-3-21-12(6-7-20-21)13(19-2)10-8-9(14(16,17)18)4-5-11(10)15/h4-8,13,19H,3H2,1-2H3. The minimum Gasteiger partial charge on any atom is -0.308 e. The van der Waals surface area contributed by atoms with E-state index >= 15 is 0 Å². The van der Waals surface area contributed by atoms with Gasteiger partial charge in [-0.2, -0.15) is 18.3 Å². The summed E-state index contributed by atoms with van der Waals surface area (Å²) in [5.41, 5.74) is 0.686. The maximum absolute atomic E-state index is 12.9. The van der Waals surface area contributed by atoms with Crippen LogP contribution in [-0.2, 0) is 12.7 Å². The first-order valence-electron chi connectivity index (χ1n) is 6.44. The Morgan fingerprint density at radius 3 is 2.62 bits per heavy atom. The zero-order valence-corrected chi connectivity index (χ0v) is 13.2. The second-order valence-corrected chi connectivity index (χ2v) is 5.38. The van der Waals surface area contributed by atoms with Crippen LogP contribution in [0.1, 0.15) is 29.8 Å². The zero-order valence-electron chi connectivity index (χ0n) is 11.6. The lowest BCUT2D eigenvalue weighted by atomic mass is 10.0.